The van der Waals surface area contributed by atoms with Crippen molar-refractivity contribution in [1.29, 1.82) is 0 Å². The zero-order valence-corrected chi connectivity index (χ0v) is 11.5. The van der Waals surface area contributed by atoms with E-state index in [1.807, 2.05) is 0 Å². The summed E-state index contributed by atoms with van der Waals surface area (Å²) in [5.41, 5.74) is 6.60. The Morgan fingerprint density at radius 3 is 2.75 bits per heavy atom. The lowest BCUT2D eigenvalue weighted by Crippen LogP contribution is -2.10. The zero-order chi connectivity index (χ0) is 14.7. The monoisotopic (exact) mass is 294 g/mol. The van der Waals surface area contributed by atoms with E-state index in [2.05, 4.69) is 15.5 Å². The molecule has 0 aliphatic carbocycles. The first-order chi connectivity index (χ1) is 9.47. The summed E-state index contributed by atoms with van der Waals surface area (Å²) in [6.45, 7) is 1.35. The van der Waals surface area contributed by atoms with Gasteiger partial charge in [-0.25, -0.2) is 0 Å². The van der Waals surface area contributed by atoms with Crippen LogP contribution in [-0.2, 0) is 4.79 Å². The molecule has 2 rings (SSSR count). The molecule has 2 aromatic rings. The van der Waals surface area contributed by atoms with E-state index in [-0.39, 0.29) is 16.0 Å². The summed E-state index contributed by atoms with van der Waals surface area (Å²) < 4.78 is 0. The van der Waals surface area contributed by atoms with Crippen LogP contribution in [0.5, 0.6) is 0 Å². The number of nitrogen functional groups attached to an aromatic ring is 1. The smallest absolute Gasteiger partial charge is 0.223 e. The number of amides is 1. The Labute approximate surface area is 119 Å². The minimum Gasteiger partial charge on any atom is -0.399 e. The molecule has 0 radical (unpaired) electrons. The lowest BCUT2D eigenvalue weighted by Gasteiger charge is -2.15. The Bertz CT molecular complexity index is 616. The topological polar surface area (TPSA) is 121 Å². The van der Waals surface area contributed by atoms with Crippen molar-refractivity contribution in [2.45, 2.75) is 19.1 Å². The third kappa shape index (κ3) is 3.29. The molecule has 7 nitrogen and oxygen atoms in total. The summed E-state index contributed by atoms with van der Waals surface area (Å²) in [4.78, 5) is 10.9. The Hall–Kier alpha value is -2.03. The van der Waals surface area contributed by atoms with Crippen molar-refractivity contribution in [3.63, 3.8) is 0 Å². The number of aliphatic hydroxyl groups is 2. The Kier molecular flexibility index (Phi) is 4.28. The number of nitrogens with zero attached hydrogens (tertiary/aromatic N) is 2. The van der Waals surface area contributed by atoms with Crippen molar-refractivity contribution in [3.8, 4) is 0 Å². The number of carbonyl (C=O) groups excluding carboxylic acids is 1. The van der Waals surface area contributed by atoms with Gasteiger partial charge in [0.15, 0.2) is 5.01 Å². The number of benzene rings is 1. The van der Waals surface area contributed by atoms with Gasteiger partial charge in [0.1, 0.15) is 12.2 Å². The van der Waals surface area contributed by atoms with E-state index in [0.717, 1.165) is 11.3 Å². The van der Waals surface area contributed by atoms with Crippen LogP contribution in [0, 0.1) is 0 Å². The summed E-state index contributed by atoms with van der Waals surface area (Å²) in [6, 6.07) is 6.59. The van der Waals surface area contributed by atoms with Gasteiger partial charge in [-0.05, 0) is 17.7 Å². The molecule has 0 bridgehead atoms. The molecule has 0 unspecified atom stereocenters. The number of aromatic nitrogens is 2. The fourth-order valence-electron chi connectivity index (χ4n) is 1.62. The van der Waals surface area contributed by atoms with E-state index >= 15 is 0 Å². The predicted octanol–water partition coefficient (Wildman–Crippen LogP) is 0.846. The van der Waals surface area contributed by atoms with E-state index in [9.17, 15) is 15.0 Å². The number of nitrogens with two attached hydrogens (primary N) is 1. The molecule has 5 N–H and O–H groups in total. The Balaban J connectivity index is 2.16. The maximum absolute atomic E-state index is 10.9. The summed E-state index contributed by atoms with van der Waals surface area (Å²) in [6.07, 6.45) is -2.41. The number of hydrogen-bond donors (Lipinski definition) is 4. The highest BCUT2D eigenvalue weighted by Crippen LogP contribution is 2.32. The summed E-state index contributed by atoms with van der Waals surface area (Å²) >= 11 is 1.00. The number of aliphatic hydroxyl groups excluding tert-OH is 2. The minimum atomic E-state index is -1.24. The molecule has 0 saturated heterocycles. The first-order valence-electron chi connectivity index (χ1n) is 5.80. The van der Waals surface area contributed by atoms with Gasteiger partial charge in [0.25, 0.3) is 0 Å². The van der Waals surface area contributed by atoms with Gasteiger partial charge in [-0.15, -0.1) is 10.2 Å². The highest BCUT2D eigenvalue weighted by Gasteiger charge is 2.24. The van der Waals surface area contributed by atoms with Gasteiger partial charge in [-0.1, -0.05) is 23.5 Å². The molecule has 8 heteroatoms. The maximum atomic E-state index is 10.9. The standard InChI is InChI=1S/C12H14N4O3S/c1-6(17)14-12-16-15-11(20-12)10(19)9(18)7-3-2-4-8(13)5-7/h2-5,9-10,18-19H,13H2,1H3,(H,14,16,17)/t9-,10+/m1/s1. The van der Waals surface area contributed by atoms with Crippen molar-refractivity contribution in [1.82, 2.24) is 10.2 Å². The van der Waals surface area contributed by atoms with E-state index in [1.54, 1.807) is 24.3 Å². The van der Waals surface area contributed by atoms with E-state index in [4.69, 9.17) is 5.73 Å². The highest BCUT2D eigenvalue weighted by molar-refractivity contribution is 7.15. The van der Waals surface area contributed by atoms with Crippen LogP contribution < -0.4 is 11.1 Å². The molecular weight excluding hydrogens is 280 g/mol. The summed E-state index contributed by atoms with van der Waals surface area (Å²) in [5.74, 6) is -0.279. The quantitative estimate of drug-likeness (QED) is 0.620. The van der Waals surface area contributed by atoms with Crippen LogP contribution in [0.2, 0.25) is 0 Å². The van der Waals surface area contributed by atoms with E-state index in [0.29, 0.717) is 11.3 Å². The van der Waals surface area contributed by atoms with Gasteiger partial charge in [-0.2, -0.15) is 0 Å². The zero-order valence-electron chi connectivity index (χ0n) is 10.6. The van der Waals surface area contributed by atoms with Crippen LogP contribution in [0.4, 0.5) is 10.8 Å². The van der Waals surface area contributed by atoms with Gasteiger partial charge in [0.05, 0.1) is 0 Å². The SMILES string of the molecule is CC(=O)Nc1nnc([C@@H](O)[C@H](O)c2cccc(N)c2)s1. The summed E-state index contributed by atoms with van der Waals surface area (Å²) in [5, 5.41) is 30.6. The fraction of sp³-hybridized carbons (Fsp3) is 0.250. The molecule has 0 saturated carbocycles. The van der Waals surface area contributed by atoms with Crippen LogP contribution in [0.1, 0.15) is 29.7 Å². The van der Waals surface area contributed by atoms with Gasteiger partial charge in [0.2, 0.25) is 11.0 Å². The third-order valence-corrected chi connectivity index (χ3v) is 3.44. The fourth-order valence-corrected chi connectivity index (χ4v) is 2.42. The molecule has 0 aliphatic rings. The molecule has 20 heavy (non-hydrogen) atoms. The molecule has 1 aromatic carbocycles. The molecular formula is C12H14N4O3S. The number of carbonyl (C=O) groups is 1. The number of nitrogens with one attached hydrogen (secondary N) is 1. The molecule has 0 spiro atoms. The average molecular weight is 294 g/mol. The first kappa shape index (κ1) is 14.4. The first-order valence-corrected chi connectivity index (χ1v) is 6.61. The number of rotatable bonds is 4. The largest absolute Gasteiger partial charge is 0.399 e. The van der Waals surface area contributed by atoms with Crippen LogP contribution in [0.3, 0.4) is 0 Å². The molecule has 2 atom stereocenters. The van der Waals surface area contributed by atoms with Crippen molar-refractivity contribution in [2.24, 2.45) is 0 Å². The number of hydrogen-bond acceptors (Lipinski definition) is 7. The van der Waals surface area contributed by atoms with Crippen molar-refractivity contribution in [2.75, 3.05) is 11.1 Å². The van der Waals surface area contributed by atoms with Gasteiger partial charge in [-0.3, -0.25) is 4.79 Å². The molecule has 1 amide bonds. The molecule has 0 fully saturated rings. The van der Waals surface area contributed by atoms with Gasteiger partial charge < -0.3 is 21.3 Å². The third-order valence-electron chi connectivity index (χ3n) is 2.53. The summed E-state index contributed by atoms with van der Waals surface area (Å²) in [7, 11) is 0. The second-order valence-corrected chi connectivity index (χ2v) is 5.20. The van der Waals surface area contributed by atoms with Crippen LogP contribution in [-0.4, -0.2) is 26.3 Å². The van der Waals surface area contributed by atoms with Crippen molar-refractivity contribution < 1.29 is 15.0 Å². The average Bonchev–Trinajstić information content (AvgIpc) is 2.84. The van der Waals surface area contributed by atoms with E-state index < -0.39 is 12.2 Å². The van der Waals surface area contributed by atoms with E-state index in [1.165, 1.54) is 6.92 Å². The number of anilines is 2. The van der Waals surface area contributed by atoms with Gasteiger partial charge in [0, 0.05) is 12.6 Å². The molecule has 1 heterocycles. The van der Waals surface area contributed by atoms with Crippen LogP contribution in [0.25, 0.3) is 0 Å². The lowest BCUT2D eigenvalue weighted by atomic mass is 10.0. The van der Waals surface area contributed by atoms with Gasteiger partial charge >= 0.3 is 0 Å². The van der Waals surface area contributed by atoms with Crippen LogP contribution >= 0.6 is 11.3 Å². The normalized spacial score (nSPS) is 13.8. The second-order valence-electron chi connectivity index (χ2n) is 4.19. The minimum absolute atomic E-state index is 0.212. The maximum Gasteiger partial charge on any atom is 0.223 e. The van der Waals surface area contributed by atoms with Crippen LogP contribution in [0.15, 0.2) is 24.3 Å². The Morgan fingerprint density at radius 1 is 1.35 bits per heavy atom. The van der Waals surface area contributed by atoms with Crippen molar-refractivity contribution >= 4 is 28.1 Å². The molecule has 0 aliphatic heterocycles. The Morgan fingerprint density at radius 2 is 2.10 bits per heavy atom. The predicted molar refractivity (Wildman–Crippen MR) is 75.0 cm³/mol. The second kappa shape index (κ2) is 5.95. The highest BCUT2D eigenvalue weighted by atomic mass is 32.1. The molecule has 1 aromatic heterocycles. The van der Waals surface area contributed by atoms with Crippen molar-refractivity contribution in [3.05, 3.63) is 34.8 Å². The lowest BCUT2D eigenvalue weighted by molar-refractivity contribution is -0.114. The molecule has 106 valence electrons.